The molecule has 0 radical (unpaired) electrons. The van der Waals surface area contributed by atoms with E-state index in [4.69, 9.17) is 0 Å². The lowest BCUT2D eigenvalue weighted by Crippen LogP contribution is -2.50. The number of carbonyl (C=O) groups excluding carboxylic acids is 2. The van der Waals surface area contributed by atoms with Crippen LogP contribution in [0.1, 0.15) is 24.8 Å². The summed E-state index contributed by atoms with van der Waals surface area (Å²) in [5, 5.41) is 0. The Morgan fingerprint density at radius 2 is 1.76 bits per heavy atom. The van der Waals surface area contributed by atoms with Gasteiger partial charge in [0.1, 0.15) is 0 Å². The average Bonchev–Trinajstić information content (AvgIpc) is 3.10. The minimum Gasteiger partial charge on any atom is -0.342 e. The number of piperazine rings is 1. The summed E-state index contributed by atoms with van der Waals surface area (Å²) in [4.78, 5) is 26.7. The normalized spacial score (nSPS) is 19.1. The van der Waals surface area contributed by atoms with Crippen LogP contribution < -0.4 is 0 Å². The second kappa shape index (κ2) is 8.31. The van der Waals surface area contributed by atoms with Gasteiger partial charge in [0.05, 0.1) is 10.5 Å². The quantitative estimate of drug-likeness (QED) is 0.706. The molecular weight excluding hydrogens is 411 g/mol. The molecule has 2 heterocycles. The third kappa shape index (κ3) is 4.89. The highest BCUT2D eigenvalue weighted by Crippen LogP contribution is 2.31. The van der Waals surface area contributed by atoms with Crippen LogP contribution in [0.2, 0.25) is 0 Å². The Hall–Kier alpha value is -2.14. The van der Waals surface area contributed by atoms with E-state index in [1.54, 1.807) is 4.90 Å². The Balaban J connectivity index is 1.58. The molecule has 160 valence electrons. The summed E-state index contributed by atoms with van der Waals surface area (Å²) in [5.41, 5.74) is -1.02. The molecule has 7 nitrogen and oxygen atoms in total. The van der Waals surface area contributed by atoms with Crippen molar-refractivity contribution < 1.29 is 31.2 Å². The van der Waals surface area contributed by atoms with Gasteiger partial charge >= 0.3 is 6.18 Å². The van der Waals surface area contributed by atoms with Gasteiger partial charge in [0, 0.05) is 52.1 Å². The number of hydrogen-bond acceptors (Lipinski definition) is 4. The minimum atomic E-state index is -4.63. The summed E-state index contributed by atoms with van der Waals surface area (Å²) in [6.07, 6.45) is -3.17. The number of halogens is 3. The summed E-state index contributed by atoms with van der Waals surface area (Å²) < 4.78 is 65.1. The van der Waals surface area contributed by atoms with Crippen LogP contribution in [0.4, 0.5) is 13.2 Å². The number of alkyl halides is 3. The highest BCUT2D eigenvalue weighted by Gasteiger charge is 2.34. The van der Waals surface area contributed by atoms with Gasteiger partial charge in [-0.15, -0.1) is 0 Å². The van der Waals surface area contributed by atoms with E-state index in [-0.39, 0.29) is 44.4 Å². The maximum Gasteiger partial charge on any atom is 0.416 e. The summed E-state index contributed by atoms with van der Waals surface area (Å²) >= 11 is 0. The first-order valence-corrected chi connectivity index (χ1v) is 10.8. The molecule has 0 aliphatic carbocycles. The predicted molar refractivity (Wildman–Crippen MR) is 97.2 cm³/mol. The highest BCUT2D eigenvalue weighted by atomic mass is 32.2. The van der Waals surface area contributed by atoms with Crippen LogP contribution in [0.15, 0.2) is 29.2 Å². The lowest BCUT2D eigenvalue weighted by molar-refractivity contribution is -0.138. The lowest BCUT2D eigenvalue weighted by atomic mass is 10.2. The van der Waals surface area contributed by atoms with E-state index in [1.165, 1.54) is 4.90 Å². The van der Waals surface area contributed by atoms with E-state index in [2.05, 4.69) is 0 Å². The maximum absolute atomic E-state index is 12.9. The molecule has 1 aromatic carbocycles. The molecule has 2 fully saturated rings. The molecule has 0 spiro atoms. The average molecular weight is 433 g/mol. The highest BCUT2D eigenvalue weighted by molar-refractivity contribution is 7.89. The van der Waals surface area contributed by atoms with Crippen LogP contribution in [-0.4, -0.2) is 73.6 Å². The Kier molecular flexibility index (Phi) is 6.18. The summed E-state index contributed by atoms with van der Waals surface area (Å²) in [6.45, 7) is 1.32. The number of nitrogens with zero attached hydrogens (tertiary/aromatic N) is 3. The molecule has 0 saturated carbocycles. The molecule has 1 aromatic rings. The van der Waals surface area contributed by atoms with E-state index >= 15 is 0 Å². The van der Waals surface area contributed by atoms with Gasteiger partial charge in [-0.25, -0.2) is 8.42 Å². The first-order chi connectivity index (χ1) is 13.6. The number of likely N-dealkylation sites (tertiary alicyclic amines) is 1. The third-order valence-corrected chi connectivity index (χ3v) is 7.05. The molecule has 29 heavy (non-hydrogen) atoms. The zero-order valence-electron chi connectivity index (χ0n) is 15.7. The second-order valence-electron chi connectivity index (χ2n) is 7.04. The van der Waals surface area contributed by atoms with Crippen LogP contribution >= 0.6 is 0 Å². The Morgan fingerprint density at radius 1 is 1.07 bits per heavy atom. The van der Waals surface area contributed by atoms with E-state index < -0.39 is 26.7 Å². The van der Waals surface area contributed by atoms with Crippen molar-refractivity contribution in [3.05, 3.63) is 29.8 Å². The molecule has 0 unspecified atom stereocenters. The number of carbonyl (C=O) groups is 2. The molecule has 0 atom stereocenters. The zero-order chi connectivity index (χ0) is 21.2. The fourth-order valence-corrected chi connectivity index (χ4v) is 4.96. The Morgan fingerprint density at radius 3 is 2.34 bits per heavy atom. The fourth-order valence-electron chi connectivity index (χ4n) is 3.49. The number of benzene rings is 1. The number of rotatable bonds is 5. The van der Waals surface area contributed by atoms with E-state index in [1.807, 2.05) is 0 Å². The van der Waals surface area contributed by atoms with Crippen molar-refractivity contribution in [1.29, 1.82) is 0 Å². The summed E-state index contributed by atoms with van der Waals surface area (Å²) in [7, 11) is -4.08. The van der Waals surface area contributed by atoms with Crippen molar-refractivity contribution >= 4 is 21.8 Å². The second-order valence-corrected chi connectivity index (χ2v) is 8.98. The van der Waals surface area contributed by atoms with Crippen molar-refractivity contribution in [3.8, 4) is 0 Å². The molecule has 0 aromatic heterocycles. The van der Waals surface area contributed by atoms with Gasteiger partial charge in [-0.2, -0.15) is 17.5 Å². The van der Waals surface area contributed by atoms with Crippen LogP contribution in [0, 0.1) is 0 Å². The molecule has 2 aliphatic heterocycles. The number of amides is 2. The fraction of sp³-hybridized carbons (Fsp3) is 0.556. The topological polar surface area (TPSA) is 78.0 Å². The first-order valence-electron chi connectivity index (χ1n) is 9.32. The molecule has 2 aliphatic rings. The molecule has 2 saturated heterocycles. The van der Waals surface area contributed by atoms with E-state index in [0.29, 0.717) is 25.6 Å². The first kappa shape index (κ1) is 21.6. The predicted octanol–water partition coefficient (Wildman–Crippen LogP) is 1.55. The Labute approximate surface area is 167 Å². The van der Waals surface area contributed by atoms with Crippen LogP contribution in [0.25, 0.3) is 0 Å². The monoisotopic (exact) mass is 433 g/mol. The van der Waals surface area contributed by atoms with Gasteiger partial charge in [0.15, 0.2) is 0 Å². The van der Waals surface area contributed by atoms with Crippen molar-refractivity contribution in [2.45, 2.75) is 30.3 Å². The van der Waals surface area contributed by atoms with Crippen LogP contribution in [-0.2, 0) is 25.8 Å². The third-order valence-electron chi connectivity index (χ3n) is 5.16. The van der Waals surface area contributed by atoms with Gasteiger partial charge < -0.3 is 9.80 Å². The molecule has 3 rings (SSSR count). The number of hydrogen-bond donors (Lipinski definition) is 0. The molecular formula is C18H22F3N3O4S. The summed E-state index contributed by atoms with van der Waals surface area (Å²) in [6, 6.07) is 3.64. The smallest absolute Gasteiger partial charge is 0.342 e. The van der Waals surface area contributed by atoms with Gasteiger partial charge in [-0.1, -0.05) is 6.07 Å². The standard InChI is InChI=1S/C18H22F3N3O4S/c19-18(20,21)14-3-1-4-15(13-14)29(27,28)24-11-9-23(10-12-24)17(26)6-8-22-7-2-5-16(22)25/h1,3-4,13H,2,5-12H2. The number of sulfonamides is 1. The van der Waals surface area contributed by atoms with Crippen LogP contribution in [0.3, 0.4) is 0 Å². The van der Waals surface area contributed by atoms with Gasteiger partial charge in [-0.05, 0) is 24.6 Å². The SMILES string of the molecule is O=C1CCCN1CCC(=O)N1CCN(S(=O)(=O)c2cccc(C(F)(F)F)c2)CC1. The molecule has 0 N–H and O–H groups in total. The van der Waals surface area contributed by atoms with Gasteiger partial charge in [-0.3, -0.25) is 9.59 Å². The summed E-state index contributed by atoms with van der Waals surface area (Å²) in [5.74, 6) is -0.129. The van der Waals surface area contributed by atoms with Crippen molar-refractivity contribution in [2.75, 3.05) is 39.3 Å². The van der Waals surface area contributed by atoms with Crippen molar-refractivity contribution in [3.63, 3.8) is 0 Å². The maximum atomic E-state index is 12.9. The van der Waals surface area contributed by atoms with Crippen LogP contribution in [0.5, 0.6) is 0 Å². The zero-order valence-corrected chi connectivity index (χ0v) is 16.5. The molecule has 11 heteroatoms. The molecule has 2 amide bonds. The van der Waals surface area contributed by atoms with E-state index in [9.17, 15) is 31.2 Å². The van der Waals surface area contributed by atoms with Gasteiger partial charge in [0.25, 0.3) is 0 Å². The van der Waals surface area contributed by atoms with Crippen molar-refractivity contribution in [2.24, 2.45) is 0 Å². The van der Waals surface area contributed by atoms with Gasteiger partial charge in [0.2, 0.25) is 21.8 Å². The lowest BCUT2D eigenvalue weighted by Gasteiger charge is -2.34. The Bertz CT molecular complexity index is 881. The van der Waals surface area contributed by atoms with Crippen molar-refractivity contribution in [1.82, 2.24) is 14.1 Å². The van der Waals surface area contributed by atoms with E-state index in [0.717, 1.165) is 28.9 Å². The minimum absolute atomic E-state index is 0.00691. The largest absolute Gasteiger partial charge is 0.416 e. The molecule has 0 bridgehead atoms.